The summed E-state index contributed by atoms with van der Waals surface area (Å²) in [6.07, 6.45) is 4.91. The summed E-state index contributed by atoms with van der Waals surface area (Å²) in [7, 11) is 0. The van der Waals surface area contributed by atoms with Crippen LogP contribution in [0, 0.1) is 0 Å². The molecule has 0 aliphatic heterocycles. The molecule has 4 N–H and O–H groups in total. The van der Waals surface area contributed by atoms with E-state index in [1.807, 2.05) is 6.26 Å². The Morgan fingerprint density at radius 1 is 1.38 bits per heavy atom. The van der Waals surface area contributed by atoms with Gasteiger partial charge in [-0.25, -0.2) is 0 Å². The van der Waals surface area contributed by atoms with Gasteiger partial charge in [0.25, 0.3) is 0 Å². The van der Waals surface area contributed by atoms with E-state index in [9.17, 15) is 14.7 Å². The first-order valence-corrected chi connectivity index (χ1v) is 7.80. The number of hydrogen-bond donors (Lipinski definition) is 3. The summed E-state index contributed by atoms with van der Waals surface area (Å²) < 4.78 is 0. The maximum absolute atomic E-state index is 11.7. The van der Waals surface area contributed by atoms with Crippen molar-refractivity contribution in [2.24, 2.45) is 5.73 Å². The number of nitrogens with two attached hydrogens (primary N) is 1. The lowest BCUT2D eigenvalue weighted by Crippen LogP contribution is -2.41. The van der Waals surface area contributed by atoms with E-state index in [4.69, 9.17) is 5.73 Å². The van der Waals surface area contributed by atoms with Crippen molar-refractivity contribution in [2.45, 2.75) is 12.5 Å². The molecule has 0 spiro atoms. The van der Waals surface area contributed by atoms with Crippen LogP contribution in [0.25, 0.3) is 6.08 Å². The van der Waals surface area contributed by atoms with Crippen LogP contribution in [0.1, 0.15) is 22.8 Å². The van der Waals surface area contributed by atoms with Gasteiger partial charge in [0.2, 0.25) is 11.8 Å². The van der Waals surface area contributed by atoms with Crippen molar-refractivity contribution in [2.75, 3.05) is 18.6 Å². The fourth-order valence-corrected chi connectivity index (χ4v) is 2.35. The molecule has 0 aliphatic carbocycles. The zero-order valence-corrected chi connectivity index (χ0v) is 12.9. The average Bonchev–Trinajstić information content (AvgIpc) is 2.43. The molecule has 6 heteroatoms. The first kappa shape index (κ1) is 17.3. The van der Waals surface area contributed by atoms with Crippen LogP contribution < -0.4 is 11.1 Å². The Hall–Kier alpha value is -1.79. The molecule has 2 amide bonds. The third-order valence-corrected chi connectivity index (χ3v) is 3.63. The van der Waals surface area contributed by atoms with Gasteiger partial charge in [-0.1, -0.05) is 12.1 Å². The molecule has 0 saturated carbocycles. The first-order chi connectivity index (χ1) is 9.84. The molecule has 0 aromatic heterocycles. The minimum atomic E-state index is -0.925. The lowest BCUT2D eigenvalue weighted by Gasteiger charge is -2.21. The zero-order valence-electron chi connectivity index (χ0n) is 12.1. The van der Waals surface area contributed by atoms with E-state index in [0.717, 1.165) is 5.56 Å². The van der Waals surface area contributed by atoms with Crippen molar-refractivity contribution in [1.29, 1.82) is 0 Å². The van der Waals surface area contributed by atoms with Crippen LogP contribution in [-0.2, 0) is 4.79 Å². The molecule has 21 heavy (non-hydrogen) atoms. The average molecular weight is 308 g/mol. The Morgan fingerprint density at radius 2 is 2.00 bits per heavy atom. The van der Waals surface area contributed by atoms with Gasteiger partial charge in [-0.2, -0.15) is 11.8 Å². The highest BCUT2D eigenvalue weighted by molar-refractivity contribution is 7.98. The Morgan fingerprint density at radius 3 is 2.52 bits per heavy atom. The summed E-state index contributed by atoms with van der Waals surface area (Å²) in [6.45, 7) is 1.87. The summed E-state index contributed by atoms with van der Waals surface area (Å²) in [5.41, 5.74) is 5.42. The topological polar surface area (TPSA) is 92.4 Å². The molecular weight excluding hydrogens is 288 g/mol. The molecule has 0 heterocycles. The molecule has 0 bridgehead atoms. The smallest absolute Gasteiger partial charge is 0.248 e. The number of rotatable bonds is 7. The predicted octanol–water partition coefficient (Wildman–Crippen LogP) is 1.03. The number of carbonyl (C=O) groups excluding carboxylic acids is 2. The molecular formula is C15H20N2O3S. The van der Waals surface area contributed by atoms with E-state index in [1.54, 1.807) is 37.3 Å². The van der Waals surface area contributed by atoms with Gasteiger partial charge in [0.1, 0.15) is 0 Å². The molecule has 0 radical (unpaired) electrons. The van der Waals surface area contributed by atoms with Crippen molar-refractivity contribution >= 4 is 29.7 Å². The van der Waals surface area contributed by atoms with Crippen molar-refractivity contribution in [3.05, 3.63) is 41.5 Å². The second kappa shape index (κ2) is 7.85. The molecule has 0 fully saturated rings. The Kier molecular flexibility index (Phi) is 6.45. The highest BCUT2D eigenvalue weighted by atomic mass is 32.2. The van der Waals surface area contributed by atoms with Crippen molar-refractivity contribution in [3.8, 4) is 0 Å². The standard InChI is InChI=1S/C15H20N2O3S/c1-15(20,10-21-2)9-17-13(18)8-5-11-3-6-12(7-4-11)14(16)19/h3-8,20H,9-10H2,1-2H3,(H2,16,19)(H,17,18)/b8-5+. The minimum absolute atomic E-state index is 0.192. The Bertz CT molecular complexity index is 524. The van der Waals surface area contributed by atoms with E-state index < -0.39 is 11.5 Å². The lowest BCUT2D eigenvalue weighted by molar-refractivity contribution is -0.117. The fraction of sp³-hybridized carbons (Fsp3) is 0.333. The summed E-state index contributed by atoms with van der Waals surface area (Å²) >= 11 is 1.52. The first-order valence-electron chi connectivity index (χ1n) is 6.41. The van der Waals surface area contributed by atoms with Crippen LogP contribution in [0.3, 0.4) is 0 Å². The third-order valence-electron chi connectivity index (χ3n) is 2.72. The van der Waals surface area contributed by atoms with Crippen LogP contribution in [0.5, 0.6) is 0 Å². The minimum Gasteiger partial charge on any atom is -0.387 e. The normalized spacial score (nSPS) is 13.9. The van der Waals surface area contributed by atoms with Gasteiger partial charge in [0.05, 0.1) is 5.60 Å². The summed E-state index contributed by atoms with van der Waals surface area (Å²) in [5, 5.41) is 12.6. The summed E-state index contributed by atoms with van der Waals surface area (Å²) in [6, 6.07) is 6.61. The van der Waals surface area contributed by atoms with E-state index >= 15 is 0 Å². The zero-order chi connectivity index (χ0) is 15.9. The molecule has 5 nitrogen and oxygen atoms in total. The highest BCUT2D eigenvalue weighted by Gasteiger charge is 2.19. The van der Waals surface area contributed by atoms with Gasteiger partial charge in [0.15, 0.2) is 0 Å². The Labute approximate surface area is 128 Å². The fourth-order valence-electron chi connectivity index (χ4n) is 1.63. The number of aliphatic hydroxyl groups is 1. The molecule has 1 rings (SSSR count). The van der Waals surface area contributed by atoms with Crippen LogP contribution >= 0.6 is 11.8 Å². The highest BCUT2D eigenvalue weighted by Crippen LogP contribution is 2.09. The summed E-state index contributed by atoms with van der Waals surface area (Å²) in [4.78, 5) is 22.6. The van der Waals surface area contributed by atoms with Gasteiger partial charge in [-0.05, 0) is 37.0 Å². The van der Waals surface area contributed by atoms with Gasteiger partial charge >= 0.3 is 0 Å². The largest absolute Gasteiger partial charge is 0.387 e. The second-order valence-corrected chi connectivity index (χ2v) is 5.83. The second-order valence-electron chi connectivity index (χ2n) is 4.97. The van der Waals surface area contributed by atoms with Crippen LogP contribution in [0.4, 0.5) is 0 Å². The monoisotopic (exact) mass is 308 g/mol. The number of primary amides is 1. The number of amides is 2. The van der Waals surface area contributed by atoms with Crippen LogP contribution in [-0.4, -0.2) is 41.1 Å². The van der Waals surface area contributed by atoms with Crippen molar-refractivity contribution in [1.82, 2.24) is 5.32 Å². The van der Waals surface area contributed by atoms with E-state index in [2.05, 4.69) is 5.32 Å². The SMILES string of the molecule is CSCC(C)(O)CNC(=O)/C=C/c1ccc(C(N)=O)cc1. The van der Waals surface area contributed by atoms with Crippen LogP contribution in [0.2, 0.25) is 0 Å². The van der Waals surface area contributed by atoms with E-state index in [0.29, 0.717) is 11.3 Å². The van der Waals surface area contributed by atoms with Gasteiger partial charge in [-0.3, -0.25) is 9.59 Å². The van der Waals surface area contributed by atoms with Crippen molar-refractivity contribution in [3.63, 3.8) is 0 Å². The van der Waals surface area contributed by atoms with Crippen molar-refractivity contribution < 1.29 is 14.7 Å². The third kappa shape index (κ3) is 6.46. The molecule has 1 aromatic carbocycles. The van der Waals surface area contributed by atoms with Crippen LogP contribution in [0.15, 0.2) is 30.3 Å². The van der Waals surface area contributed by atoms with Gasteiger partial charge in [0, 0.05) is 23.9 Å². The van der Waals surface area contributed by atoms with Gasteiger partial charge < -0.3 is 16.2 Å². The van der Waals surface area contributed by atoms with E-state index in [-0.39, 0.29) is 12.5 Å². The van der Waals surface area contributed by atoms with E-state index in [1.165, 1.54) is 17.8 Å². The molecule has 0 saturated heterocycles. The maximum Gasteiger partial charge on any atom is 0.248 e. The summed E-state index contributed by atoms with van der Waals surface area (Å²) in [5.74, 6) is -0.222. The number of benzene rings is 1. The molecule has 1 atom stereocenters. The quantitative estimate of drug-likeness (QED) is 0.656. The Balaban J connectivity index is 2.52. The lowest BCUT2D eigenvalue weighted by atomic mass is 10.1. The molecule has 1 unspecified atom stereocenters. The number of carbonyl (C=O) groups is 2. The number of thioether (sulfide) groups is 1. The molecule has 1 aromatic rings. The number of hydrogen-bond acceptors (Lipinski definition) is 4. The van der Waals surface area contributed by atoms with Gasteiger partial charge in [-0.15, -0.1) is 0 Å². The molecule has 114 valence electrons. The maximum atomic E-state index is 11.7. The molecule has 0 aliphatic rings. The number of nitrogens with one attached hydrogen (secondary N) is 1. The predicted molar refractivity (Wildman–Crippen MR) is 86.0 cm³/mol.